The smallest absolute Gasteiger partial charge is 1.00 e. The van der Waals surface area contributed by atoms with Crippen molar-refractivity contribution in [3.8, 4) is 0 Å². The van der Waals surface area contributed by atoms with Gasteiger partial charge in [-0.1, -0.05) is 0 Å². The third kappa shape index (κ3) is 27.6. The average molecular weight is 121 g/mol. The molecule has 0 aliphatic heterocycles. The Hall–Kier alpha value is 1.66. The Bertz CT molecular complexity index is 33.8. The summed E-state index contributed by atoms with van der Waals surface area (Å²) in [5.74, 6) is 0. The van der Waals surface area contributed by atoms with Crippen LogP contribution in [-0.4, -0.2) is 9.79 Å². The van der Waals surface area contributed by atoms with Crippen molar-refractivity contribution in [1.29, 1.82) is 0 Å². The molecule has 0 aromatic heterocycles. The van der Waals surface area contributed by atoms with E-state index in [1.807, 2.05) is 0 Å². The van der Waals surface area contributed by atoms with Crippen molar-refractivity contribution < 1.29 is 67.2 Å². The second-order valence-corrected chi connectivity index (χ2v) is 0.758. The van der Waals surface area contributed by atoms with Crippen molar-refractivity contribution in [3.63, 3.8) is 0 Å². The van der Waals surface area contributed by atoms with Gasteiger partial charge < -0.3 is 1.43 Å². The van der Waals surface area contributed by atoms with Crippen LogP contribution in [0, 0.1) is 0 Å². The van der Waals surface area contributed by atoms with Gasteiger partial charge in [-0.05, 0) is 0 Å². The largest absolute Gasteiger partial charge is 1.00 e. The van der Waals surface area contributed by atoms with Crippen LogP contribution < -0.4 is 51.4 Å². The van der Waals surface area contributed by atoms with E-state index in [0.717, 1.165) is 0 Å². The third-order valence-corrected chi connectivity index (χ3v) is 0. The molecule has 2 N–H and O–H groups in total. The molecule has 0 saturated carbocycles. The van der Waals surface area contributed by atoms with Crippen LogP contribution in [0.3, 0.4) is 0 Å². The van der Waals surface area contributed by atoms with Crippen LogP contribution in [0.4, 0.5) is 0 Å². The first-order chi connectivity index (χ1) is 1.73. The zero-order valence-corrected chi connectivity index (χ0v) is 6.77. The SMILES string of the molecule is O=[P+](O)O.[H-].[K+]. The van der Waals surface area contributed by atoms with Crippen molar-refractivity contribution in [2.75, 3.05) is 0 Å². The predicted molar refractivity (Wildman–Crippen MR) is 13.2 cm³/mol. The molecule has 0 aromatic rings. The zero-order chi connectivity index (χ0) is 3.58. The van der Waals surface area contributed by atoms with Crippen LogP contribution >= 0.6 is 8.25 Å². The summed E-state index contributed by atoms with van der Waals surface area (Å²) in [6.45, 7) is 0. The van der Waals surface area contributed by atoms with Gasteiger partial charge in [0, 0.05) is 4.57 Å². The Morgan fingerprint density at radius 1 is 1.60 bits per heavy atom. The normalized spacial score (nSPS) is 5.20. The first kappa shape index (κ1) is 9.82. The summed E-state index contributed by atoms with van der Waals surface area (Å²) in [7, 11) is -2.87. The summed E-state index contributed by atoms with van der Waals surface area (Å²) in [6.07, 6.45) is 0. The summed E-state index contributed by atoms with van der Waals surface area (Å²) in [4.78, 5) is 14.2. The molecule has 5 heavy (non-hydrogen) atoms. The topological polar surface area (TPSA) is 57.5 Å². The van der Waals surface area contributed by atoms with Crippen LogP contribution in [0.15, 0.2) is 0 Å². The van der Waals surface area contributed by atoms with Crippen LogP contribution in [0.25, 0.3) is 0 Å². The molecule has 0 saturated heterocycles. The molecule has 0 aliphatic rings. The van der Waals surface area contributed by atoms with Gasteiger partial charge in [0.25, 0.3) is 0 Å². The minimum atomic E-state index is -2.87. The summed E-state index contributed by atoms with van der Waals surface area (Å²) in [6, 6.07) is 0. The molecule has 0 aliphatic carbocycles. The van der Waals surface area contributed by atoms with E-state index in [-0.39, 0.29) is 52.8 Å². The zero-order valence-electron chi connectivity index (χ0n) is 3.75. The Morgan fingerprint density at radius 2 is 1.60 bits per heavy atom. The van der Waals surface area contributed by atoms with Gasteiger partial charge in [-0.2, -0.15) is 0 Å². The van der Waals surface area contributed by atoms with E-state index >= 15 is 0 Å². The molecular weight excluding hydrogens is 118 g/mol. The van der Waals surface area contributed by atoms with Crippen LogP contribution in [0.5, 0.6) is 0 Å². The van der Waals surface area contributed by atoms with E-state index < -0.39 is 8.25 Å². The summed E-state index contributed by atoms with van der Waals surface area (Å²) in [5, 5.41) is 0. The van der Waals surface area contributed by atoms with Gasteiger partial charge in [0.2, 0.25) is 0 Å². The molecule has 0 bridgehead atoms. The van der Waals surface area contributed by atoms with Crippen molar-refractivity contribution in [3.05, 3.63) is 0 Å². The van der Waals surface area contributed by atoms with Gasteiger partial charge in [-0.25, -0.2) is 0 Å². The van der Waals surface area contributed by atoms with Crippen molar-refractivity contribution in [2.24, 2.45) is 0 Å². The van der Waals surface area contributed by atoms with Gasteiger partial charge in [0.05, 0.1) is 0 Å². The van der Waals surface area contributed by atoms with Gasteiger partial charge in [0.1, 0.15) is 0 Å². The molecule has 3 nitrogen and oxygen atoms in total. The summed E-state index contributed by atoms with van der Waals surface area (Å²) >= 11 is 0. The quantitative estimate of drug-likeness (QED) is 0.261. The molecule has 0 unspecified atom stereocenters. The fourth-order valence-electron chi connectivity index (χ4n) is 0. The van der Waals surface area contributed by atoms with Crippen LogP contribution in [0.2, 0.25) is 0 Å². The minimum absolute atomic E-state index is 0. The standard InChI is InChI=1S/K.HO3P.H/c;1-4(2)3;/h;(H-,1,2,3);/q+1;;-1/p+1. The molecule has 0 radical (unpaired) electrons. The second-order valence-electron chi connectivity index (χ2n) is 0.253. The minimum Gasteiger partial charge on any atom is -1.00 e. The molecule has 26 valence electrons. The second kappa shape index (κ2) is 5.66. The molecule has 0 spiro atoms. The van der Waals surface area contributed by atoms with Gasteiger partial charge in [-0.3, -0.25) is 0 Å². The third-order valence-electron chi connectivity index (χ3n) is 0. The maximum absolute atomic E-state index is 8.70. The predicted octanol–water partition coefficient (Wildman–Crippen LogP) is -3.26. The summed E-state index contributed by atoms with van der Waals surface area (Å²) < 4.78 is 8.70. The maximum atomic E-state index is 8.70. The van der Waals surface area contributed by atoms with Crippen LogP contribution in [-0.2, 0) is 4.57 Å². The molecule has 0 atom stereocenters. The number of hydrogen-bond donors (Lipinski definition) is 2. The Morgan fingerprint density at radius 3 is 1.60 bits per heavy atom. The molecule has 0 aromatic carbocycles. The van der Waals surface area contributed by atoms with E-state index in [0.29, 0.717) is 0 Å². The van der Waals surface area contributed by atoms with Gasteiger partial charge >= 0.3 is 59.6 Å². The van der Waals surface area contributed by atoms with E-state index in [9.17, 15) is 0 Å². The van der Waals surface area contributed by atoms with E-state index in [2.05, 4.69) is 0 Å². The molecular formula is H3KO3P+. The van der Waals surface area contributed by atoms with Crippen molar-refractivity contribution in [2.45, 2.75) is 0 Å². The molecule has 0 fully saturated rings. The Kier molecular flexibility index (Phi) is 11.1. The van der Waals surface area contributed by atoms with E-state index in [1.54, 1.807) is 0 Å². The fraction of sp³-hybridized carbons (Fsp3) is 0. The average Bonchev–Trinajstić information content (AvgIpc) is 0.811. The number of hydrogen-bond acceptors (Lipinski definition) is 1. The molecule has 0 amide bonds. The maximum Gasteiger partial charge on any atom is 1.00 e. The monoisotopic (exact) mass is 121 g/mol. The fourth-order valence-corrected chi connectivity index (χ4v) is 0. The summed E-state index contributed by atoms with van der Waals surface area (Å²) in [5.41, 5.74) is 0. The molecule has 0 heterocycles. The Labute approximate surface area is 74.2 Å². The first-order valence-corrected chi connectivity index (χ1v) is 1.75. The Balaban J connectivity index is -0.0000000450. The van der Waals surface area contributed by atoms with E-state index in [1.165, 1.54) is 0 Å². The van der Waals surface area contributed by atoms with Crippen LogP contribution in [0.1, 0.15) is 1.43 Å². The first-order valence-electron chi connectivity index (χ1n) is 0.583. The van der Waals surface area contributed by atoms with Crippen molar-refractivity contribution in [1.82, 2.24) is 0 Å². The van der Waals surface area contributed by atoms with E-state index in [4.69, 9.17) is 14.4 Å². The van der Waals surface area contributed by atoms with Gasteiger partial charge in [0.15, 0.2) is 0 Å². The van der Waals surface area contributed by atoms with Gasteiger partial charge in [-0.15, -0.1) is 9.79 Å². The number of rotatable bonds is 0. The molecule has 0 rings (SSSR count). The van der Waals surface area contributed by atoms with Crippen molar-refractivity contribution >= 4 is 8.25 Å². The molecule has 5 heteroatoms.